The molecule has 5 atom stereocenters. The first-order valence-corrected chi connectivity index (χ1v) is 10.3. The van der Waals surface area contributed by atoms with E-state index in [1.54, 1.807) is 12.1 Å². The molecule has 1 fully saturated rings. The topological polar surface area (TPSA) is 169 Å². The number of imidazole rings is 1. The fourth-order valence-corrected chi connectivity index (χ4v) is 3.60. The van der Waals surface area contributed by atoms with Crippen molar-refractivity contribution in [3.05, 3.63) is 48.3 Å². The molecule has 2 aromatic carbocycles. The van der Waals surface area contributed by atoms with Gasteiger partial charge in [-0.1, -0.05) is 0 Å². The van der Waals surface area contributed by atoms with E-state index >= 15 is 0 Å². The molecule has 0 aliphatic carbocycles. The second kappa shape index (κ2) is 9.67. The summed E-state index contributed by atoms with van der Waals surface area (Å²) in [6, 6.07) is 8.58. The third kappa shape index (κ3) is 5.63. The number of nitrogens with one attached hydrogen (secondary N) is 3. The molecule has 7 N–H and O–H groups in total. The number of fused-ring (bicyclic) bond motifs is 1. The minimum absolute atomic E-state index is 0.139. The maximum atomic E-state index is 12.3. The average Bonchev–Trinajstić information content (AvgIpc) is 3.21. The Hall–Kier alpha value is -3.43. The van der Waals surface area contributed by atoms with Crippen molar-refractivity contribution < 1.29 is 47.9 Å². The van der Waals surface area contributed by atoms with Gasteiger partial charge in [-0.15, -0.1) is 13.2 Å². The standard InChI is InChI=1S/C21H21F3N4O7/c22-21(23,24)35-11-4-1-9(2-5-11)25-20(33)26-10-3-6-12-13(7-10)28-19(27-12)18-17(32)16(31)15(30)14(8-29)34-18/h1-7,14-18,29-32H,8H2,(H,27,28)(H2,25,26,33)/t14-,15-,16+,17-,18-/m1/s1. The number of urea groups is 1. The molecule has 2 amide bonds. The smallest absolute Gasteiger partial charge is 0.406 e. The molecule has 188 valence electrons. The number of nitrogens with zero attached hydrogens (tertiary/aromatic N) is 1. The first kappa shape index (κ1) is 24.7. The highest BCUT2D eigenvalue weighted by molar-refractivity contribution is 6.00. The highest BCUT2D eigenvalue weighted by atomic mass is 19.4. The van der Waals surface area contributed by atoms with Crippen molar-refractivity contribution in [1.82, 2.24) is 9.97 Å². The highest BCUT2D eigenvalue weighted by Gasteiger charge is 2.45. The van der Waals surface area contributed by atoms with Crippen LogP contribution in [0.3, 0.4) is 0 Å². The van der Waals surface area contributed by atoms with E-state index in [1.807, 2.05) is 0 Å². The van der Waals surface area contributed by atoms with Gasteiger partial charge in [0, 0.05) is 11.4 Å². The zero-order valence-electron chi connectivity index (χ0n) is 17.7. The van der Waals surface area contributed by atoms with Gasteiger partial charge in [0.15, 0.2) is 0 Å². The molecule has 11 nitrogen and oxygen atoms in total. The van der Waals surface area contributed by atoms with E-state index in [1.165, 1.54) is 18.2 Å². The largest absolute Gasteiger partial charge is 0.573 e. The van der Waals surface area contributed by atoms with E-state index in [2.05, 4.69) is 25.3 Å². The van der Waals surface area contributed by atoms with Crippen molar-refractivity contribution >= 4 is 28.4 Å². The van der Waals surface area contributed by atoms with Crippen LogP contribution in [0.15, 0.2) is 42.5 Å². The first-order chi connectivity index (χ1) is 16.5. The Bertz CT molecular complexity index is 1190. The lowest BCUT2D eigenvalue weighted by Crippen LogP contribution is -2.55. The number of halogens is 3. The third-order valence-corrected chi connectivity index (χ3v) is 5.27. The zero-order valence-corrected chi connectivity index (χ0v) is 17.7. The summed E-state index contributed by atoms with van der Waals surface area (Å²) < 4.78 is 46.0. The quantitative estimate of drug-likeness (QED) is 0.278. The summed E-state index contributed by atoms with van der Waals surface area (Å²) in [5.74, 6) is -0.289. The number of aliphatic hydroxyl groups is 4. The predicted molar refractivity (Wildman–Crippen MR) is 115 cm³/mol. The van der Waals surface area contributed by atoms with Gasteiger partial charge in [0.05, 0.1) is 17.6 Å². The number of carbonyl (C=O) groups excluding carboxylic acids is 1. The Morgan fingerprint density at radius 1 is 1.03 bits per heavy atom. The molecule has 1 aliphatic heterocycles. The summed E-state index contributed by atoms with van der Waals surface area (Å²) in [6.45, 7) is -0.580. The lowest BCUT2D eigenvalue weighted by molar-refractivity contribution is -0.274. The second-order valence-corrected chi connectivity index (χ2v) is 7.75. The van der Waals surface area contributed by atoms with Gasteiger partial charge < -0.3 is 45.5 Å². The lowest BCUT2D eigenvalue weighted by Gasteiger charge is -2.39. The molecule has 3 aromatic rings. The van der Waals surface area contributed by atoms with Crippen molar-refractivity contribution in [2.24, 2.45) is 0 Å². The van der Waals surface area contributed by atoms with Crippen LogP contribution in [-0.4, -0.2) is 73.8 Å². The fourth-order valence-electron chi connectivity index (χ4n) is 3.60. The van der Waals surface area contributed by atoms with Crippen LogP contribution in [0.4, 0.5) is 29.3 Å². The van der Waals surface area contributed by atoms with Crippen LogP contribution in [0, 0.1) is 0 Å². The highest BCUT2D eigenvalue weighted by Crippen LogP contribution is 2.32. The lowest BCUT2D eigenvalue weighted by atomic mass is 9.95. The Morgan fingerprint density at radius 2 is 1.69 bits per heavy atom. The van der Waals surface area contributed by atoms with Crippen LogP contribution in [0.1, 0.15) is 11.9 Å². The van der Waals surface area contributed by atoms with Gasteiger partial charge in [-0.25, -0.2) is 9.78 Å². The van der Waals surface area contributed by atoms with E-state index in [0.717, 1.165) is 12.1 Å². The van der Waals surface area contributed by atoms with Gasteiger partial charge in [-0.2, -0.15) is 0 Å². The third-order valence-electron chi connectivity index (χ3n) is 5.27. The number of hydrogen-bond acceptors (Lipinski definition) is 8. The average molecular weight is 498 g/mol. The van der Waals surface area contributed by atoms with Gasteiger partial charge in [0.25, 0.3) is 0 Å². The van der Waals surface area contributed by atoms with Crippen LogP contribution in [0.25, 0.3) is 11.0 Å². The second-order valence-electron chi connectivity index (χ2n) is 7.75. The van der Waals surface area contributed by atoms with Crippen molar-refractivity contribution in [2.45, 2.75) is 36.9 Å². The fraction of sp³-hybridized carbons (Fsp3) is 0.333. The monoisotopic (exact) mass is 498 g/mol. The van der Waals surface area contributed by atoms with E-state index in [0.29, 0.717) is 16.7 Å². The number of H-pyrrole nitrogens is 1. The van der Waals surface area contributed by atoms with E-state index in [-0.39, 0.29) is 11.5 Å². The molecule has 0 unspecified atom stereocenters. The van der Waals surface area contributed by atoms with E-state index in [4.69, 9.17) is 4.74 Å². The molecule has 0 bridgehead atoms. The number of rotatable bonds is 5. The maximum absolute atomic E-state index is 12.3. The molecule has 4 rings (SSSR count). The zero-order chi connectivity index (χ0) is 25.3. The number of amides is 2. The summed E-state index contributed by atoms with van der Waals surface area (Å²) in [5, 5.41) is 44.6. The molecule has 0 radical (unpaired) electrons. The van der Waals surface area contributed by atoms with Crippen LogP contribution in [0.5, 0.6) is 5.75 Å². The van der Waals surface area contributed by atoms with Crippen LogP contribution < -0.4 is 15.4 Å². The molecular weight excluding hydrogens is 477 g/mol. The summed E-state index contributed by atoms with van der Waals surface area (Å²) in [4.78, 5) is 19.5. The number of hydrogen-bond donors (Lipinski definition) is 7. The number of aliphatic hydroxyl groups excluding tert-OH is 4. The van der Waals surface area contributed by atoms with Gasteiger partial charge in [0.1, 0.15) is 42.1 Å². The minimum atomic E-state index is -4.82. The van der Waals surface area contributed by atoms with E-state index < -0.39 is 55.3 Å². The molecule has 35 heavy (non-hydrogen) atoms. The number of ether oxygens (including phenoxy) is 2. The van der Waals surface area contributed by atoms with Gasteiger partial charge in [0.2, 0.25) is 0 Å². The molecule has 0 saturated carbocycles. The summed E-state index contributed by atoms with van der Waals surface area (Å²) >= 11 is 0. The molecule has 1 aromatic heterocycles. The predicted octanol–water partition coefficient (Wildman–Crippen LogP) is 1.62. The van der Waals surface area contributed by atoms with Crippen molar-refractivity contribution in [3.8, 4) is 5.75 Å². The molecule has 1 aliphatic rings. The first-order valence-electron chi connectivity index (χ1n) is 10.3. The van der Waals surface area contributed by atoms with Crippen molar-refractivity contribution in [2.75, 3.05) is 17.2 Å². The number of carbonyl (C=O) groups is 1. The van der Waals surface area contributed by atoms with Gasteiger partial charge >= 0.3 is 12.4 Å². The van der Waals surface area contributed by atoms with Gasteiger partial charge in [-0.05, 0) is 42.5 Å². The SMILES string of the molecule is O=C(Nc1ccc(OC(F)(F)F)cc1)Nc1ccc2nc([C@@H]3O[C@H](CO)[C@@H](O)[C@H](O)[C@H]3O)[nH]c2c1. The summed E-state index contributed by atoms with van der Waals surface area (Å²) in [5.41, 5.74) is 1.46. The van der Waals surface area contributed by atoms with Crippen LogP contribution >= 0.6 is 0 Å². The Labute approximate surface area is 195 Å². The number of alkyl halides is 3. The summed E-state index contributed by atoms with van der Waals surface area (Å²) in [7, 11) is 0. The van der Waals surface area contributed by atoms with Crippen molar-refractivity contribution in [1.29, 1.82) is 0 Å². The Kier molecular flexibility index (Phi) is 6.82. The number of aromatic amines is 1. The Morgan fingerprint density at radius 3 is 2.34 bits per heavy atom. The van der Waals surface area contributed by atoms with E-state index in [9.17, 15) is 38.4 Å². The Balaban J connectivity index is 1.43. The summed E-state index contributed by atoms with van der Waals surface area (Å²) in [6.07, 6.45) is -11.6. The van der Waals surface area contributed by atoms with Crippen LogP contribution in [-0.2, 0) is 4.74 Å². The maximum Gasteiger partial charge on any atom is 0.573 e. The van der Waals surface area contributed by atoms with Crippen molar-refractivity contribution in [3.63, 3.8) is 0 Å². The van der Waals surface area contributed by atoms with Crippen LogP contribution in [0.2, 0.25) is 0 Å². The number of anilines is 2. The normalized spacial score (nSPS) is 24.8. The number of aromatic nitrogens is 2. The molecule has 2 heterocycles. The number of benzene rings is 2. The molecule has 1 saturated heterocycles. The molecule has 14 heteroatoms. The van der Waals surface area contributed by atoms with Gasteiger partial charge in [-0.3, -0.25) is 0 Å². The minimum Gasteiger partial charge on any atom is -0.406 e. The molecular formula is C21H21F3N4O7. The molecule has 0 spiro atoms.